The van der Waals surface area contributed by atoms with Gasteiger partial charge in [-0.15, -0.1) is 0 Å². The van der Waals surface area contributed by atoms with Crippen LogP contribution in [0.2, 0.25) is 0 Å². The van der Waals surface area contributed by atoms with E-state index in [1.54, 1.807) is 0 Å². The summed E-state index contributed by atoms with van der Waals surface area (Å²) in [4.78, 5) is 10.4. The van der Waals surface area contributed by atoms with E-state index in [2.05, 4.69) is 103 Å². The molecule has 2 unspecified atom stereocenters. The molecular weight excluding hydrogens is 536 g/mol. The number of hydrogen-bond acceptors (Lipinski definition) is 4. The summed E-state index contributed by atoms with van der Waals surface area (Å²) in [5.41, 5.74) is 0. The summed E-state index contributed by atoms with van der Waals surface area (Å²) in [5.74, 6) is 3.95. The Kier molecular flexibility index (Phi) is 22.9. The minimum atomic E-state index is 0.750. The topological polar surface area (TPSA) is 13.0 Å². The van der Waals surface area contributed by atoms with Crippen molar-refractivity contribution in [1.29, 1.82) is 0 Å². The molecule has 0 aromatic heterocycles. The normalized spacial score (nSPS) is 25.9. The monoisotopic (exact) mass is 621 g/mol. The molecule has 4 aliphatic rings. The third-order valence-electron chi connectivity index (χ3n) is 11.5. The van der Waals surface area contributed by atoms with Gasteiger partial charge in [0.15, 0.2) is 0 Å². The van der Waals surface area contributed by atoms with Crippen molar-refractivity contribution in [2.75, 3.05) is 52.4 Å². The van der Waals surface area contributed by atoms with E-state index in [0.717, 1.165) is 47.8 Å². The van der Waals surface area contributed by atoms with Crippen molar-refractivity contribution in [3.05, 3.63) is 0 Å². The molecule has 4 aliphatic heterocycles. The van der Waals surface area contributed by atoms with Gasteiger partial charge >= 0.3 is 0 Å². The van der Waals surface area contributed by atoms with Crippen molar-refractivity contribution in [3.63, 3.8) is 0 Å². The third kappa shape index (κ3) is 18.2. The maximum Gasteiger partial charge on any atom is 0.00385 e. The molecule has 0 spiro atoms. The first-order chi connectivity index (χ1) is 20.9. The molecule has 4 saturated heterocycles. The van der Waals surface area contributed by atoms with Crippen LogP contribution >= 0.6 is 0 Å². The first kappa shape index (κ1) is 41.9. The molecule has 2 atom stereocenters. The van der Waals surface area contributed by atoms with E-state index in [-0.39, 0.29) is 0 Å². The molecule has 4 heterocycles. The standard InChI is InChI=1S/C11H23N.2C10H21N.C9H19N/c1-4-11-6-5-8-12(9-7-11)10(2)3;1-9(2)11-7-4-5-10(3)6-8-11;1-4-10-5-7-11(8-6-10)9(2)3;1-8(2)10-6-4-9(3)5-7-10/h10-11H,4-9H2,1-3H3;2*9-10H,4-8H2,1-3H3;8-9H,4-7H2,1-3H3. The Labute approximate surface area is 279 Å². The second-order valence-corrected chi connectivity index (χ2v) is 16.3. The van der Waals surface area contributed by atoms with Gasteiger partial charge in [-0.3, -0.25) is 0 Å². The third-order valence-corrected chi connectivity index (χ3v) is 11.5. The SMILES string of the molecule is CC1CCCN(C(C)C)CC1.CC1CCN(C(C)C)CC1.CCC1CCCN(C(C)C)CC1.CCC1CCN(C(C)C)CC1. The summed E-state index contributed by atoms with van der Waals surface area (Å²) in [5, 5.41) is 0. The number of rotatable bonds is 6. The van der Waals surface area contributed by atoms with Crippen LogP contribution in [0.5, 0.6) is 0 Å². The zero-order valence-corrected chi connectivity index (χ0v) is 32.5. The Balaban J connectivity index is 0.000000294. The van der Waals surface area contributed by atoms with Crippen molar-refractivity contribution in [2.45, 2.75) is 184 Å². The quantitative estimate of drug-likeness (QED) is 0.293. The average molecular weight is 621 g/mol. The van der Waals surface area contributed by atoms with Gasteiger partial charge in [0.05, 0.1) is 0 Å². The molecule has 4 rings (SSSR count). The minimum absolute atomic E-state index is 0.750. The van der Waals surface area contributed by atoms with Crippen LogP contribution in [0.3, 0.4) is 0 Å². The summed E-state index contributed by atoms with van der Waals surface area (Å²) in [6.45, 7) is 38.4. The van der Waals surface area contributed by atoms with Gasteiger partial charge in [-0.05, 0) is 196 Å². The highest BCUT2D eigenvalue weighted by atomic mass is 15.2. The molecule has 4 nitrogen and oxygen atoms in total. The van der Waals surface area contributed by atoms with Gasteiger partial charge < -0.3 is 19.6 Å². The molecule has 44 heavy (non-hydrogen) atoms. The van der Waals surface area contributed by atoms with Crippen molar-refractivity contribution in [3.8, 4) is 0 Å². The van der Waals surface area contributed by atoms with Crippen LogP contribution in [0, 0.1) is 23.7 Å². The van der Waals surface area contributed by atoms with Crippen molar-refractivity contribution in [1.82, 2.24) is 19.6 Å². The van der Waals surface area contributed by atoms with E-state index in [1.165, 1.54) is 129 Å². The number of likely N-dealkylation sites (tertiary alicyclic amines) is 4. The summed E-state index contributed by atoms with van der Waals surface area (Å²) in [6, 6.07) is 3.02. The number of nitrogens with zero attached hydrogens (tertiary/aromatic N) is 4. The predicted molar refractivity (Wildman–Crippen MR) is 199 cm³/mol. The van der Waals surface area contributed by atoms with E-state index in [4.69, 9.17) is 0 Å². The van der Waals surface area contributed by atoms with Crippen LogP contribution in [-0.4, -0.2) is 96.1 Å². The smallest absolute Gasteiger partial charge is 0.00385 e. The van der Waals surface area contributed by atoms with Crippen LogP contribution in [0.4, 0.5) is 0 Å². The van der Waals surface area contributed by atoms with Crippen LogP contribution < -0.4 is 0 Å². The van der Waals surface area contributed by atoms with E-state index in [1.807, 2.05) is 0 Å². The molecule has 264 valence electrons. The fourth-order valence-electron chi connectivity index (χ4n) is 7.34. The molecule has 0 radical (unpaired) electrons. The number of hydrogen-bond donors (Lipinski definition) is 0. The van der Waals surface area contributed by atoms with E-state index < -0.39 is 0 Å². The van der Waals surface area contributed by atoms with Crippen LogP contribution in [0.15, 0.2) is 0 Å². The van der Waals surface area contributed by atoms with Crippen LogP contribution in [-0.2, 0) is 0 Å². The largest absolute Gasteiger partial charge is 0.301 e. The zero-order chi connectivity index (χ0) is 33.1. The van der Waals surface area contributed by atoms with E-state index in [9.17, 15) is 0 Å². The zero-order valence-electron chi connectivity index (χ0n) is 32.5. The highest BCUT2D eigenvalue weighted by Crippen LogP contribution is 2.22. The van der Waals surface area contributed by atoms with Gasteiger partial charge in [-0.1, -0.05) is 40.5 Å². The summed E-state index contributed by atoms with van der Waals surface area (Å²) in [7, 11) is 0. The molecule has 0 bridgehead atoms. The fourth-order valence-corrected chi connectivity index (χ4v) is 7.34. The molecular formula is C40H84N4. The lowest BCUT2D eigenvalue weighted by Crippen LogP contribution is -2.38. The molecule has 0 amide bonds. The number of piperidine rings is 2. The van der Waals surface area contributed by atoms with Crippen molar-refractivity contribution in [2.24, 2.45) is 23.7 Å². The first-order valence-corrected chi connectivity index (χ1v) is 19.8. The maximum absolute atomic E-state index is 2.62. The fraction of sp³-hybridized carbons (Fsp3) is 1.00. The van der Waals surface area contributed by atoms with Crippen LogP contribution in [0.25, 0.3) is 0 Å². The lowest BCUT2D eigenvalue weighted by Gasteiger charge is -2.34. The van der Waals surface area contributed by atoms with Gasteiger partial charge in [-0.2, -0.15) is 0 Å². The Morgan fingerprint density at radius 1 is 0.386 bits per heavy atom. The van der Waals surface area contributed by atoms with Crippen molar-refractivity contribution >= 4 is 0 Å². The van der Waals surface area contributed by atoms with E-state index >= 15 is 0 Å². The molecule has 0 N–H and O–H groups in total. The van der Waals surface area contributed by atoms with Gasteiger partial charge in [-0.25, -0.2) is 0 Å². The Bertz CT molecular complexity index is 646. The molecule has 0 aliphatic carbocycles. The maximum atomic E-state index is 2.62. The Hall–Kier alpha value is -0.160. The highest BCUT2D eigenvalue weighted by molar-refractivity contribution is 4.74. The van der Waals surface area contributed by atoms with Gasteiger partial charge in [0.1, 0.15) is 0 Å². The summed E-state index contributed by atoms with van der Waals surface area (Å²) >= 11 is 0. The lowest BCUT2D eigenvalue weighted by molar-refractivity contribution is 0.148. The second-order valence-electron chi connectivity index (χ2n) is 16.3. The van der Waals surface area contributed by atoms with Gasteiger partial charge in [0.25, 0.3) is 0 Å². The Morgan fingerprint density at radius 2 is 0.659 bits per heavy atom. The molecule has 0 aromatic carbocycles. The molecule has 0 aromatic rings. The molecule has 0 saturated carbocycles. The summed E-state index contributed by atoms with van der Waals surface area (Å²) < 4.78 is 0. The average Bonchev–Trinajstić information content (AvgIpc) is 3.39. The van der Waals surface area contributed by atoms with E-state index in [0.29, 0.717) is 0 Å². The summed E-state index contributed by atoms with van der Waals surface area (Å²) in [6.07, 6.45) is 16.9. The van der Waals surface area contributed by atoms with Crippen LogP contribution in [0.1, 0.15) is 160 Å². The Morgan fingerprint density at radius 3 is 1.00 bits per heavy atom. The second kappa shape index (κ2) is 24.1. The van der Waals surface area contributed by atoms with Gasteiger partial charge in [0.2, 0.25) is 0 Å². The first-order valence-electron chi connectivity index (χ1n) is 19.8. The highest BCUT2D eigenvalue weighted by Gasteiger charge is 2.20. The lowest BCUT2D eigenvalue weighted by atomic mass is 9.94. The van der Waals surface area contributed by atoms with Gasteiger partial charge in [0, 0.05) is 24.2 Å². The van der Waals surface area contributed by atoms with Crippen molar-refractivity contribution < 1.29 is 0 Å². The molecule has 4 fully saturated rings. The molecule has 4 heteroatoms. The minimum Gasteiger partial charge on any atom is -0.301 e. The predicted octanol–water partition coefficient (Wildman–Crippen LogP) is 10.1.